The molecule has 0 spiro atoms. The zero-order valence-electron chi connectivity index (χ0n) is 9.44. The molecule has 1 aromatic carbocycles. The van der Waals surface area contributed by atoms with E-state index in [9.17, 15) is 4.79 Å². The van der Waals surface area contributed by atoms with Crippen LogP contribution in [0.5, 0.6) is 5.75 Å². The second-order valence-corrected chi connectivity index (χ2v) is 4.28. The molecule has 0 aromatic heterocycles. The van der Waals surface area contributed by atoms with Gasteiger partial charge in [0.05, 0.1) is 17.6 Å². The Labute approximate surface area is 101 Å². The van der Waals surface area contributed by atoms with Crippen LogP contribution in [0.1, 0.15) is 36.5 Å². The number of rotatable bonds is 7. The van der Waals surface area contributed by atoms with Crippen molar-refractivity contribution >= 4 is 17.9 Å². The number of unbranched alkanes of at least 4 members (excludes halogenated alkanes) is 2. The number of para-hydroxylation sites is 1. The molecule has 0 saturated heterocycles. The first-order chi connectivity index (χ1) is 7.75. The molecule has 4 heteroatoms. The van der Waals surface area contributed by atoms with Crippen molar-refractivity contribution in [3.05, 3.63) is 29.8 Å². The van der Waals surface area contributed by atoms with Crippen LogP contribution >= 0.6 is 12.0 Å². The molecule has 0 unspecified atom stereocenters. The van der Waals surface area contributed by atoms with Gasteiger partial charge in [0.1, 0.15) is 5.75 Å². The van der Waals surface area contributed by atoms with Crippen molar-refractivity contribution in [2.75, 3.05) is 5.75 Å². The number of amides is 1. The molecule has 3 nitrogen and oxygen atoms in total. The molecule has 0 aliphatic heterocycles. The van der Waals surface area contributed by atoms with Crippen LogP contribution in [0.15, 0.2) is 24.3 Å². The topological polar surface area (TPSA) is 52.3 Å². The highest BCUT2D eigenvalue weighted by atomic mass is 32.2. The first kappa shape index (κ1) is 12.9. The minimum Gasteiger partial charge on any atom is -0.425 e. The lowest BCUT2D eigenvalue weighted by Gasteiger charge is -2.06. The van der Waals surface area contributed by atoms with Crippen LogP contribution in [0, 0.1) is 0 Å². The van der Waals surface area contributed by atoms with E-state index in [-0.39, 0.29) is 0 Å². The third kappa shape index (κ3) is 4.14. The van der Waals surface area contributed by atoms with Gasteiger partial charge in [-0.25, -0.2) is 0 Å². The van der Waals surface area contributed by atoms with Crippen molar-refractivity contribution in [2.24, 2.45) is 5.73 Å². The fourth-order valence-corrected chi connectivity index (χ4v) is 1.94. The molecule has 16 heavy (non-hydrogen) atoms. The second kappa shape index (κ2) is 7.17. The Kier molecular flexibility index (Phi) is 5.78. The van der Waals surface area contributed by atoms with Gasteiger partial charge in [-0.2, -0.15) is 0 Å². The molecule has 1 rings (SSSR count). The number of carbonyl (C=O) groups is 1. The Hall–Kier alpha value is -1.16. The summed E-state index contributed by atoms with van der Waals surface area (Å²) in [5.41, 5.74) is 5.67. The van der Waals surface area contributed by atoms with Gasteiger partial charge in [-0.05, 0) is 18.6 Å². The van der Waals surface area contributed by atoms with Crippen LogP contribution in [0.2, 0.25) is 0 Å². The smallest absolute Gasteiger partial charge is 0.252 e. The summed E-state index contributed by atoms with van der Waals surface area (Å²) < 4.78 is 5.46. The third-order valence-corrected chi connectivity index (χ3v) is 2.89. The number of nitrogens with two attached hydrogens (primary N) is 1. The van der Waals surface area contributed by atoms with Gasteiger partial charge in [0.15, 0.2) is 0 Å². The minimum atomic E-state index is -0.454. The van der Waals surface area contributed by atoms with E-state index in [4.69, 9.17) is 9.92 Å². The van der Waals surface area contributed by atoms with E-state index in [1.807, 2.05) is 6.07 Å². The lowest BCUT2D eigenvalue weighted by molar-refractivity contribution is 0.0999. The summed E-state index contributed by atoms with van der Waals surface area (Å²) in [6.07, 6.45) is 3.52. The largest absolute Gasteiger partial charge is 0.425 e. The van der Waals surface area contributed by atoms with Crippen molar-refractivity contribution in [1.29, 1.82) is 0 Å². The van der Waals surface area contributed by atoms with Gasteiger partial charge < -0.3 is 9.92 Å². The summed E-state index contributed by atoms with van der Waals surface area (Å²) in [4.78, 5) is 11.1. The van der Waals surface area contributed by atoms with Gasteiger partial charge in [-0.1, -0.05) is 31.9 Å². The molecule has 1 aromatic rings. The average Bonchev–Trinajstić information content (AvgIpc) is 2.29. The van der Waals surface area contributed by atoms with Crippen LogP contribution in [0.4, 0.5) is 0 Å². The van der Waals surface area contributed by atoms with Gasteiger partial charge in [0.2, 0.25) is 0 Å². The third-order valence-electron chi connectivity index (χ3n) is 2.13. The molecule has 0 radical (unpaired) electrons. The van der Waals surface area contributed by atoms with Gasteiger partial charge in [-0.3, -0.25) is 4.79 Å². The number of benzene rings is 1. The van der Waals surface area contributed by atoms with Crippen LogP contribution < -0.4 is 9.92 Å². The molecule has 2 N–H and O–H groups in total. The van der Waals surface area contributed by atoms with Crippen LogP contribution in [-0.4, -0.2) is 11.7 Å². The highest BCUT2D eigenvalue weighted by molar-refractivity contribution is 7.95. The molecule has 0 bridgehead atoms. The maximum absolute atomic E-state index is 11.1. The van der Waals surface area contributed by atoms with E-state index < -0.39 is 5.91 Å². The summed E-state index contributed by atoms with van der Waals surface area (Å²) in [6, 6.07) is 7.03. The van der Waals surface area contributed by atoms with Crippen molar-refractivity contribution in [2.45, 2.75) is 26.2 Å². The zero-order valence-corrected chi connectivity index (χ0v) is 10.3. The summed E-state index contributed by atoms with van der Waals surface area (Å²) in [5, 5.41) is 0. The fourth-order valence-electron chi connectivity index (χ4n) is 1.26. The second-order valence-electron chi connectivity index (χ2n) is 3.47. The Balaban J connectivity index is 2.44. The molecule has 88 valence electrons. The van der Waals surface area contributed by atoms with E-state index in [0.29, 0.717) is 11.3 Å². The molecular weight excluding hydrogens is 222 g/mol. The monoisotopic (exact) mass is 239 g/mol. The van der Waals surface area contributed by atoms with Crippen LogP contribution in [0.3, 0.4) is 0 Å². The number of hydrogen-bond acceptors (Lipinski definition) is 3. The van der Waals surface area contributed by atoms with Crippen LogP contribution in [-0.2, 0) is 0 Å². The highest BCUT2D eigenvalue weighted by Crippen LogP contribution is 2.22. The van der Waals surface area contributed by atoms with Crippen LogP contribution in [0.25, 0.3) is 0 Å². The summed E-state index contributed by atoms with van der Waals surface area (Å²) in [7, 11) is 0. The number of hydrogen-bond donors (Lipinski definition) is 1. The summed E-state index contributed by atoms with van der Waals surface area (Å²) in [6.45, 7) is 2.16. The van der Waals surface area contributed by atoms with Gasteiger partial charge in [0.25, 0.3) is 5.91 Å². The van der Waals surface area contributed by atoms with Gasteiger partial charge in [0, 0.05) is 5.75 Å². The predicted molar refractivity (Wildman–Crippen MR) is 67.6 cm³/mol. The first-order valence-corrected chi connectivity index (χ1v) is 6.35. The van der Waals surface area contributed by atoms with E-state index in [0.717, 1.165) is 12.2 Å². The lowest BCUT2D eigenvalue weighted by atomic mass is 10.2. The first-order valence-electron chi connectivity index (χ1n) is 5.44. The summed E-state index contributed by atoms with van der Waals surface area (Å²) in [5.74, 6) is 1.03. The standard InChI is InChI=1S/C12H17NO2S/c1-2-3-6-9-16-15-11-8-5-4-7-10(11)12(13)14/h4-5,7-8H,2-3,6,9H2,1H3,(H2,13,14). The quantitative estimate of drug-likeness (QED) is 0.588. The average molecular weight is 239 g/mol. The predicted octanol–water partition coefficient (Wildman–Crippen LogP) is 3.00. The maximum atomic E-state index is 11.1. The highest BCUT2D eigenvalue weighted by Gasteiger charge is 2.08. The van der Waals surface area contributed by atoms with Crippen molar-refractivity contribution in [3.63, 3.8) is 0 Å². The van der Waals surface area contributed by atoms with Crippen molar-refractivity contribution < 1.29 is 8.98 Å². The molecule has 0 fully saturated rings. The molecule has 0 saturated carbocycles. The number of primary amides is 1. The maximum Gasteiger partial charge on any atom is 0.252 e. The molecule has 0 aliphatic rings. The zero-order chi connectivity index (χ0) is 11.8. The molecule has 0 heterocycles. The Morgan fingerprint density at radius 2 is 2.12 bits per heavy atom. The SMILES string of the molecule is CCCCCSOc1ccccc1C(N)=O. The van der Waals surface area contributed by atoms with E-state index in [1.165, 1.54) is 24.9 Å². The molecule has 0 aliphatic carbocycles. The minimum absolute atomic E-state index is 0.436. The van der Waals surface area contributed by atoms with Gasteiger partial charge in [-0.15, -0.1) is 0 Å². The summed E-state index contributed by atoms with van der Waals surface area (Å²) >= 11 is 1.37. The fraction of sp³-hybridized carbons (Fsp3) is 0.417. The van der Waals surface area contributed by atoms with Gasteiger partial charge >= 0.3 is 0 Å². The molecular formula is C12H17NO2S. The van der Waals surface area contributed by atoms with Crippen molar-refractivity contribution in [1.82, 2.24) is 0 Å². The Morgan fingerprint density at radius 3 is 2.81 bits per heavy atom. The lowest BCUT2D eigenvalue weighted by Crippen LogP contribution is -2.11. The molecule has 0 atom stereocenters. The normalized spacial score (nSPS) is 10.1. The Bertz CT molecular complexity index is 342. The molecule has 1 amide bonds. The van der Waals surface area contributed by atoms with E-state index in [1.54, 1.807) is 18.2 Å². The van der Waals surface area contributed by atoms with Crippen molar-refractivity contribution in [3.8, 4) is 5.75 Å². The Morgan fingerprint density at radius 1 is 1.38 bits per heavy atom. The van der Waals surface area contributed by atoms with E-state index in [2.05, 4.69) is 6.92 Å². The number of carbonyl (C=O) groups excluding carboxylic acids is 1. The van der Waals surface area contributed by atoms with E-state index >= 15 is 0 Å².